The largest absolute Gasteiger partial charge is 0.385 e. The minimum Gasteiger partial charge on any atom is -0.385 e. The predicted octanol–water partition coefficient (Wildman–Crippen LogP) is 3.18. The molecule has 0 aliphatic carbocycles. The zero-order valence-electron chi connectivity index (χ0n) is 10.0. The summed E-state index contributed by atoms with van der Waals surface area (Å²) >= 11 is 2.22. The summed E-state index contributed by atoms with van der Waals surface area (Å²) in [5.41, 5.74) is 6.74. The standard InChI is InChI=1S/C15H11IN2O/c16-11-5-3-6-12(9-11)18-14(17)8-10-4-1-2-7-13(10)15(18)19/h1-9H,17H2. The van der Waals surface area contributed by atoms with E-state index in [1.54, 1.807) is 4.57 Å². The van der Waals surface area contributed by atoms with Crippen molar-refractivity contribution in [1.82, 2.24) is 4.57 Å². The van der Waals surface area contributed by atoms with Gasteiger partial charge in [-0.1, -0.05) is 24.3 Å². The van der Waals surface area contributed by atoms with Gasteiger partial charge in [-0.25, -0.2) is 0 Å². The first-order valence-corrected chi connectivity index (χ1v) is 6.91. The topological polar surface area (TPSA) is 48.0 Å². The molecule has 0 amide bonds. The molecule has 0 saturated carbocycles. The summed E-state index contributed by atoms with van der Waals surface area (Å²) in [5.74, 6) is 0.450. The fourth-order valence-corrected chi connectivity index (χ4v) is 2.69. The molecule has 2 aromatic carbocycles. The van der Waals surface area contributed by atoms with Crippen LogP contribution in [0.15, 0.2) is 59.4 Å². The zero-order chi connectivity index (χ0) is 13.4. The molecule has 94 valence electrons. The monoisotopic (exact) mass is 362 g/mol. The molecular weight excluding hydrogens is 351 g/mol. The summed E-state index contributed by atoms with van der Waals surface area (Å²) in [7, 11) is 0. The van der Waals surface area contributed by atoms with E-state index in [-0.39, 0.29) is 5.56 Å². The highest BCUT2D eigenvalue weighted by molar-refractivity contribution is 14.1. The number of nitrogens with two attached hydrogens (primary N) is 1. The van der Waals surface area contributed by atoms with Crippen molar-refractivity contribution in [2.75, 3.05) is 5.73 Å². The van der Waals surface area contributed by atoms with Gasteiger partial charge in [0.05, 0.1) is 5.69 Å². The Morgan fingerprint density at radius 3 is 2.58 bits per heavy atom. The van der Waals surface area contributed by atoms with Gasteiger partial charge in [0, 0.05) is 8.96 Å². The molecule has 3 rings (SSSR count). The van der Waals surface area contributed by atoms with Gasteiger partial charge >= 0.3 is 0 Å². The first-order chi connectivity index (χ1) is 9.16. The summed E-state index contributed by atoms with van der Waals surface area (Å²) in [6.07, 6.45) is 0. The summed E-state index contributed by atoms with van der Waals surface area (Å²) in [6.45, 7) is 0. The van der Waals surface area contributed by atoms with Gasteiger partial charge in [0.1, 0.15) is 5.82 Å². The highest BCUT2D eigenvalue weighted by Gasteiger charge is 2.08. The number of nitrogens with zero attached hydrogens (tertiary/aromatic N) is 1. The fourth-order valence-electron chi connectivity index (χ4n) is 2.16. The van der Waals surface area contributed by atoms with E-state index in [1.165, 1.54) is 0 Å². The van der Waals surface area contributed by atoms with Crippen LogP contribution in [-0.2, 0) is 0 Å². The van der Waals surface area contributed by atoms with Crippen molar-refractivity contribution in [3.63, 3.8) is 0 Å². The second kappa shape index (κ2) is 4.70. The van der Waals surface area contributed by atoms with Gasteiger partial charge < -0.3 is 5.73 Å². The number of aromatic nitrogens is 1. The Morgan fingerprint density at radius 1 is 1.00 bits per heavy atom. The fraction of sp³-hybridized carbons (Fsp3) is 0. The number of halogens is 1. The molecule has 19 heavy (non-hydrogen) atoms. The van der Waals surface area contributed by atoms with E-state index in [2.05, 4.69) is 22.6 Å². The van der Waals surface area contributed by atoms with Gasteiger partial charge in [-0.15, -0.1) is 0 Å². The van der Waals surface area contributed by atoms with Crippen LogP contribution in [0.4, 0.5) is 5.82 Å². The Hall–Kier alpha value is -1.82. The summed E-state index contributed by atoms with van der Waals surface area (Å²) < 4.78 is 2.61. The van der Waals surface area contributed by atoms with Crippen molar-refractivity contribution >= 4 is 39.2 Å². The third-order valence-electron chi connectivity index (χ3n) is 3.02. The Morgan fingerprint density at radius 2 is 1.79 bits per heavy atom. The van der Waals surface area contributed by atoms with Crippen molar-refractivity contribution in [2.45, 2.75) is 0 Å². The first kappa shape index (κ1) is 12.2. The van der Waals surface area contributed by atoms with Crippen LogP contribution in [0.1, 0.15) is 0 Å². The van der Waals surface area contributed by atoms with Gasteiger partial charge in [0.15, 0.2) is 0 Å². The predicted molar refractivity (Wildman–Crippen MR) is 86.7 cm³/mol. The Bertz CT molecular complexity index is 824. The number of nitrogen functional groups attached to an aromatic ring is 1. The molecular formula is C15H11IN2O. The lowest BCUT2D eigenvalue weighted by atomic mass is 10.1. The van der Waals surface area contributed by atoms with Crippen LogP contribution < -0.4 is 11.3 Å². The third-order valence-corrected chi connectivity index (χ3v) is 3.69. The van der Waals surface area contributed by atoms with Gasteiger partial charge in [0.2, 0.25) is 0 Å². The molecule has 0 saturated heterocycles. The Balaban J connectivity index is 2.39. The molecule has 0 fully saturated rings. The van der Waals surface area contributed by atoms with Crippen LogP contribution in [0.2, 0.25) is 0 Å². The van der Waals surface area contributed by atoms with E-state index in [0.29, 0.717) is 11.2 Å². The quantitative estimate of drug-likeness (QED) is 0.676. The molecule has 0 aliphatic heterocycles. The van der Waals surface area contributed by atoms with E-state index < -0.39 is 0 Å². The molecule has 0 radical (unpaired) electrons. The number of pyridine rings is 1. The van der Waals surface area contributed by atoms with Crippen LogP contribution in [0.3, 0.4) is 0 Å². The number of hydrogen-bond donors (Lipinski definition) is 1. The minimum absolute atomic E-state index is 0.0856. The van der Waals surface area contributed by atoms with Crippen molar-refractivity contribution in [3.8, 4) is 5.69 Å². The maximum atomic E-state index is 12.5. The lowest BCUT2D eigenvalue weighted by Gasteiger charge is -2.11. The normalized spacial score (nSPS) is 10.8. The van der Waals surface area contributed by atoms with Crippen molar-refractivity contribution in [3.05, 3.63) is 68.5 Å². The molecule has 0 bridgehead atoms. The van der Waals surface area contributed by atoms with Crippen molar-refractivity contribution in [2.24, 2.45) is 0 Å². The SMILES string of the molecule is Nc1cc2ccccc2c(=O)n1-c1cccc(I)c1. The highest BCUT2D eigenvalue weighted by Crippen LogP contribution is 2.18. The number of rotatable bonds is 1. The average molecular weight is 362 g/mol. The first-order valence-electron chi connectivity index (χ1n) is 5.83. The summed E-state index contributed by atoms with van der Waals surface area (Å²) in [4.78, 5) is 12.5. The molecule has 0 atom stereocenters. The number of anilines is 1. The van der Waals surface area contributed by atoms with E-state index in [9.17, 15) is 4.79 Å². The van der Waals surface area contributed by atoms with Gasteiger partial charge in [-0.2, -0.15) is 0 Å². The van der Waals surface area contributed by atoms with E-state index in [4.69, 9.17) is 5.73 Å². The van der Waals surface area contributed by atoms with E-state index >= 15 is 0 Å². The Labute approximate surface area is 123 Å². The molecule has 1 aromatic heterocycles. The summed E-state index contributed by atoms with van der Waals surface area (Å²) in [6, 6.07) is 17.0. The lowest BCUT2D eigenvalue weighted by Crippen LogP contribution is -2.21. The Kier molecular flexibility index (Phi) is 3.02. The lowest BCUT2D eigenvalue weighted by molar-refractivity contribution is 1.02. The molecule has 3 aromatic rings. The molecule has 0 spiro atoms. The number of fused-ring (bicyclic) bond motifs is 1. The molecule has 2 N–H and O–H groups in total. The molecule has 1 heterocycles. The zero-order valence-corrected chi connectivity index (χ0v) is 12.2. The second-order valence-corrected chi connectivity index (χ2v) is 5.52. The number of benzene rings is 2. The van der Waals surface area contributed by atoms with Crippen LogP contribution in [0.25, 0.3) is 16.5 Å². The van der Waals surface area contributed by atoms with Crippen molar-refractivity contribution in [1.29, 1.82) is 0 Å². The van der Waals surface area contributed by atoms with Crippen LogP contribution in [0, 0.1) is 3.57 Å². The smallest absolute Gasteiger partial charge is 0.264 e. The maximum Gasteiger partial charge on any atom is 0.264 e. The van der Waals surface area contributed by atoms with Crippen LogP contribution in [-0.4, -0.2) is 4.57 Å². The molecule has 0 unspecified atom stereocenters. The maximum absolute atomic E-state index is 12.5. The van der Waals surface area contributed by atoms with Crippen LogP contribution in [0.5, 0.6) is 0 Å². The molecule has 0 aliphatic rings. The summed E-state index contributed by atoms with van der Waals surface area (Å²) in [5, 5.41) is 1.54. The average Bonchev–Trinajstić information content (AvgIpc) is 2.39. The highest BCUT2D eigenvalue weighted by atomic mass is 127. The van der Waals surface area contributed by atoms with Gasteiger partial charge in [0.25, 0.3) is 5.56 Å². The molecule has 3 nitrogen and oxygen atoms in total. The van der Waals surface area contributed by atoms with E-state index in [1.807, 2.05) is 54.6 Å². The minimum atomic E-state index is -0.0856. The van der Waals surface area contributed by atoms with E-state index in [0.717, 1.165) is 14.6 Å². The van der Waals surface area contributed by atoms with Gasteiger partial charge in [-0.3, -0.25) is 9.36 Å². The molecule has 4 heteroatoms. The van der Waals surface area contributed by atoms with Crippen LogP contribution >= 0.6 is 22.6 Å². The third kappa shape index (κ3) is 2.12. The van der Waals surface area contributed by atoms with Gasteiger partial charge in [-0.05, 0) is 58.3 Å². The van der Waals surface area contributed by atoms with Crippen molar-refractivity contribution < 1.29 is 0 Å². The second-order valence-electron chi connectivity index (χ2n) is 4.28. The number of hydrogen-bond acceptors (Lipinski definition) is 2.